The van der Waals surface area contributed by atoms with Gasteiger partial charge in [-0.25, -0.2) is 8.42 Å². The minimum absolute atomic E-state index is 0. The quantitative estimate of drug-likeness (QED) is 0.370. The molecule has 0 saturated heterocycles. The molecule has 9 heteroatoms. The molecule has 0 spiro atoms. The molecule has 68 valence electrons. The third kappa shape index (κ3) is 2.86. The van der Waals surface area contributed by atoms with Crippen LogP contribution in [0.15, 0.2) is 0 Å². The van der Waals surface area contributed by atoms with Gasteiger partial charge in [0.05, 0.1) is 0 Å². The van der Waals surface area contributed by atoms with Crippen molar-refractivity contribution >= 4 is 10.1 Å². The van der Waals surface area contributed by atoms with Crippen molar-refractivity contribution in [2.45, 2.75) is 18.0 Å². The first-order chi connectivity index (χ1) is 4.50. The Morgan fingerprint density at radius 1 is 1.33 bits per heavy atom. The number of hydrogen-bond donors (Lipinski definition) is 1. The van der Waals surface area contributed by atoms with Crippen LogP contribution in [0.2, 0.25) is 0 Å². The summed E-state index contributed by atoms with van der Waals surface area (Å²) in [6.45, 7) is -0.116. The van der Waals surface area contributed by atoms with Crippen LogP contribution in [0.5, 0.6) is 0 Å². The fourth-order valence-electron chi connectivity index (χ4n) is 0.142. The van der Waals surface area contributed by atoms with Crippen molar-refractivity contribution in [1.82, 2.24) is 0 Å². The van der Waals surface area contributed by atoms with Crippen LogP contribution in [-0.2, 0) is 10.1 Å². The fraction of sp³-hybridized carbons (Fsp3) is 1.00. The second-order valence-corrected chi connectivity index (χ2v) is 3.64. The molecule has 0 bridgehead atoms. The third-order valence-corrected chi connectivity index (χ3v) is 2.22. The first-order valence-corrected chi connectivity index (χ1v) is 3.65. The second kappa shape index (κ2) is 3.81. The SMILES string of the molecule is CC(O)(C(F)(F)F)S(=O)(=O)[O-].[Na+]. The number of halogens is 3. The molecule has 0 heterocycles. The molecule has 0 aromatic heterocycles. The van der Waals surface area contributed by atoms with Gasteiger partial charge in [0.25, 0.3) is 0 Å². The van der Waals surface area contributed by atoms with Crippen LogP contribution in [0.4, 0.5) is 13.2 Å². The molecule has 1 atom stereocenters. The van der Waals surface area contributed by atoms with Crippen LogP contribution < -0.4 is 29.6 Å². The molecule has 0 aromatic rings. The van der Waals surface area contributed by atoms with Crippen molar-refractivity contribution in [3.8, 4) is 0 Å². The Hall–Kier alpha value is 0.660. The minimum Gasteiger partial charge on any atom is -0.745 e. The van der Waals surface area contributed by atoms with Crippen molar-refractivity contribution in [2.75, 3.05) is 0 Å². The molecule has 0 rings (SSSR count). The van der Waals surface area contributed by atoms with Crippen molar-refractivity contribution in [3.63, 3.8) is 0 Å². The number of rotatable bonds is 1. The summed E-state index contributed by atoms with van der Waals surface area (Å²) in [5, 5.41) is 8.16. The van der Waals surface area contributed by atoms with Gasteiger partial charge in [-0.1, -0.05) is 0 Å². The molecule has 12 heavy (non-hydrogen) atoms. The summed E-state index contributed by atoms with van der Waals surface area (Å²) >= 11 is 0. The molecular weight excluding hydrogens is 212 g/mol. The Balaban J connectivity index is 0. The van der Waals surface area contributed by atoms with E-state index in [1.807, 2.05) is 0 Å². The van der Waals surface area contributed by atoms with Gasteiger partial charge in [-0.3, -0.25) is 0 Å². The van der Waals surface area contributed by atoms with Crippen LogP contribution >= 0.6 is 0 Å². The van der Waals surface area contributed by atoms with Gasteiger partial charge in [-0.05, 0) is 6.92 Å². The van der Waals surface area contributed by atoms with Crippen molar-refractivity contribution in [1.29, 1.82) is 0 Å². The first kappa shape index (κ1) is 15.1. The minimum atomic E-state index is -5.78. The number of alkyl halides is 3. The van der Waals surface area contributed by atoms with Gasteiger partial charge in [0.15, 0.2) is 0 Å². The maximum Gasteiger partial charge on any atom is 1.00 e. The zero-order valence-corrected chi connectivity index (χ0v) is 9.03. The molecule has 0 aromatic carbocycles. The van der Waals surface area contributed by atoms with Crippen LogP contribution in [-0.4, -0.2) is 29.2 Å². The van der Waals surface area contributed by atoms with E-state index in [1.165, 1.54) is 0 Å². The molecule has 4 nitrogen and oxygen atoms in total. The molecule has 0 fully saturated rings. The van der Waals surface area contributed by atoms with E-state index in [2.05, 4.69) is 0 Å². The van der Waals surface area contributed by atoms with E-state index in [0.29, 0.717) is 0 Å². The zero-order chi connectivity index (χ0) is 9.50. The van der Waals surface area contributed by atoms with E-state index in [4.69, 9.17) is 5.11 Å². The molecule has 0 aliphatic heterocycles. The Labute approximate surface area is 88.8 Å². The largest absolute Gasteiger partial charge is 1.00 e. The average Bonchev–Trinajstić information content (AvgIpc) is 1.58. The van der Waals surface area contributed by atoms with E-state index in [1.54, 1.807) is 0 Å². The normalized spacial score (nSPS) is 17.8. The first-order valence-electron chi connectivity index (χ1n) is 2.24. The average molecular weight is 216 g/mol. The Kier molecular flexibility index (Phi) is 4.80. The number of hydrogen-bond acceptors (Lipinski definition) is 4. The summed E-state index contributed by atoms with van der Waals surface area (Å²) in [4.78, 5) is -4.21. The van der Waals surface area contributed by atoms with Gasteiger partial charge >= 0.3 is 35.7 Å². The zero-order valence-electron chi connectivity index (χ0n) is 6.21. The summed E-state index contributed by atoms with van der Waals surface area (Å²) in [6.07, 6.45) is -5.46. The predicted octanol–water partition coefficient (Wildman–Crippen LogP) is -3.19. The summed E-state index contributed by atoms with van der Waals surface area (Å²) in [7, 11) is -5.78. The third-order valence-electron chi connectivity index (χ3n) is 1.01. The molecule has 0 aliphatic rings. The smallest absolute Gasteiger partial charge is 0.745 e. The Morgan fingerprint density at radius 2 is 1.58 bits per heavy atom. The van der Waals surface area contributed by atoms with E-state index in [9.17, 15) is 26.1 Å². The van der Waals surface area contributed by atoms with Crippen LogP contribution in [0.1, 0.15) is 6.92 Å². The van der Waals surface area contributed by atoms with Gasteiger partial charge in [-0.15, -0.1) is 0 Å². The molecule has 0 amide bonds. The maximum absolute atomic E-state index is 11.5. The summed E-state index contributed by atoms with van der Waals surface area (Å²) in [5.74, 6) is 0. The van der Waals surface area contributed by atoms with Crippen LogP contribution in [0, 0.1) is 0 Å². The number of aliphatic hydroxyl groups is 1. The van der Waals surface area contributed by atoms with E-state index < -0.39 is 21.2 Å². The molecule has 1 N–H and O–H groups in total. The van der Waals surface area contributed by atoms with Gasteiger partial charge in [0, 0.05) is 0 Å². The predicted molar refractivity (Wildman–Crippen MR) is 26.4 cm³/mol. The molecular formula is C3H4F3NaO4S. The second-order valence-electron chi connectivity index (χ2n) is 1.93. The van der Waals surface area contributed by atoms with Crippen molar-refractivity contribution < 1.29 is 60.8 Å². The maximum atomic E-state index is 11.5. The van der Waals surface area contributed by atoms with E-state index in [0.717, 1.165) is 0 Å². The van der Waals surface area contributed by atoms with Crippen LogP contribution in [0.3, 0.4) is 0 Å². The summed E-state index contributed by atoms with van der Waals surface area (Å²) in [5.41, 5.74) is 0. The van der Waals surface area contributed by atoms with E-state index in [-0.39, 0.29) is 36.5 Å². The standard InChI is InChI=1S/C3H5F3O4S.Na/c1-2(7,3(4,5)6)11(8,9)10;/h7H,1H3,(H,8,9,10);/q;+1/p-1. The van der Waals surface area contributed by atoms with Crippen molar-refractivity contribution in [3.05, 3.63) is 0 Å². The van der Waals surface area contributed by atoms with Gasteiger partial charge in [-0.2, -0.15) is 13.2 Å². The summed E-state index contributed by atoms with van der Waals surface area (Å²) < 4.78 is 63.8. The van der Waals surface area contributed by atoms with Gasteiger partial charge in [0.2, 0.25) is 4.93 Å². The Morgan fingerprint density at radius 3 is 1.58 bits per heavy atom. The monoisotopic (exact) mass is 216 g/mol. The molecule has 1 unspecified atom stereocenters. The van der Waals surface area contributed by atoms with E-state index >= 15 is 0 Å². The topological polar surface area (TPSA) is 77.4 Å². The van der Waals surface area contributed by atoms with Gasteiger partial charge < -0.3 is 9.66 Å². The fourth-order valence-corrected chi connectivity index (χ4v) is 0.425. The summed E-state index contributed by atoms with van der Waals surface area (Å²) in [6, 6.07) is 0. The Bertz CT molecular complexity index is 243. The molecule has 0 saturated carbocycles. The van der Waals surface area contributed by atoms with Gasteiger partial charge in [0.1, 0.15) is 10.1 Å². The molecule has 0 aliphatic carbocycles. The molecule has 0 radical (unpaired) electrons. The van der Waals surface area contributed by atoms with Crippen molar-refractivity contribution in [2.24, 2.45) is 0 Å². The van der Waals surface area contributed by atoms with Crippen LogP contribution in [0.25, 0.3) is 0 Å².